The van der Waals surface area contributed by atoms with E-state index in [-0.39, 0.29) is 12.5 Å². The molecule has 2 rings (SSSR count). The third-order valence-electron chi connectivity index (χ3n) is 3.05. The average Bonchev–Trinajstić information content (AvgIpc) is 2.49. The van der Waals surface area contributed by atoms with Crippen molar-refractivity contribution in [1.29, 1.82) is 0 Å². The Bertz CT molecular complexity index is 611. The van der Waals surface area contributed by atoms with Crippen LogP contribution in [0.1, 0.15) is 12.5 Å². The van der Waals surface area contributed by atoms with Gasteiger partial charge in [0.25, 0.3) is 0 Å². The van der Waals surface area contributed by atoms with Crippen LogP contribution in [-0.4, -0.2) is 19.1 Å². The predicted molar refractivity (Wildman–Crippen MR) is 85.9 cm³/mol. The van der Waals surface area contributed by atoms with Crippen molar-refractivity contribution in [3.63, 3.8) is 0 Å². The van der Waals surface area contributed by atoms with Gasteiger partial charge in [0.15, 0.2) is 0 Å². The van der Waals surface area contributed by atoms with Gasteiger partial charge in [-0.3, -0.25) is 4.79 Å². The van der Waals surface area contributed by atoms with E-state index in [1.165, 1.54) is 0 Å². The fourth-order valence-electron chi connectivity index (χ4n) is 1.98. The van der Waals surface area contributed by atoms with Crippen molar-refractivity contribution in [2.75, 3.05) is 23.8 Å². The molecule has 21 heavy (non-hydrogen) atoms. The molecular weight excluding hydrogens is 264 g/mol. The van der Waals surface area contributed by atoms with Crippen LogP contribution in [-0.2, 0) is 4.79 Å². The van der Waals surface area contributed by atoms with Gasteiger partial charge in [-0.1, -0.05) is 30.3 Å². The zero-order valence-electron chi connectivity index (χ0n) is 12.3. The molecule has 0 aliphatic carbocycles. The van der Waals surface area contributed by atoms with E-state index < -0.39 is 0 Å². The lowest BCUT2D eigenvalue weighted by Crippen LogP contribution is -2.22. The number of carbonyl (C=O) groups is 1. The van der Waals surface area contributed by atoms with E-state index in [0.29, 0.717) is 6.61 Å². The second-order valence-electron chi connectivity index (χ2n) is 4.65. The molecule has 0 heterocycles. The molecule has 2 N–H and O–H groups in total. The second-order valence-corrected chi connectivity index (χ2v) is 4.65. The molecule has 2 aromatic carbocycles. The summed E-state index contributed by atoms with van der Waals surface area (Å²) in [6.45, 7) is 4.68. The summed E-state index contributed by atoms with van der Waals surface area (Å²) in [5.41, 5.74) is 2.70. The van der Waals surface area contributed by atoms with Crippen molar-refractivity contribution in [1.82, 2.24) is 0 Å². The van der Waals surface area contributed by atoms with Crippen molar-refractivity contribution >= 4 is 17.3 Å². The molecule has 4 heteroatoms. The first-order valence-corrected chi connectivity index (χ1v) is 7.02. The van der Waals surface area contributed by atoms with Gasteiger partial charge in [0.1, 0.15) is 5.75 Å². The number of para-hydroxylation sites is 3. The lowest BCUT2D eigenvalue weighted by atomic mass is 10.2. The third-order valence-corrected chi connectivity index (χ3v) is 3.05. The number of aryl methyl sites for hydroxylation is 1. The van der Waals surface area contributed by atoms with E-state index in [0.717, 1.165) is 22.7 Å². The minimum Gasteiger partial charge on any atom is -0.492 e. The number of benzene rings is 2. The van der Waals surface area contributed by atoms with Crippen LogP contribution < -0.4 is 15.4 Å². The Morgan fingerprint density at radius 2 is 1.71 bits per heavy atom. The maximum Gasteiger partial charge on any atom is 0.243 e. The summed E-state index contributed by atoms with van der Waals surface area (Å²) in [5.74, 6) is 0.666. The first-order chi connectivity index (χ1) is 10.2. The van der Waals surface area contributed by atoms with Crippen LogP contribution in [0.25, 0.3) is 0 Å². The van der Waals surface area contributed by atoms with Crippen LogP contribution in [0.3, 0.4) is 0 Å². The molecule has 0 aliphatic heterocycles. The quantitative estimate of drug-likeness (QED) is 0.854. The van der Waals surface area contributed by atoms with Gasteiger partial charge in [-0.25, -0.2) is 0 Å². The molecule has 0 saturated heterocycles. The minimum atomic E-state index is -0.0874. The molecule has 4 nitrogen and oxygen atoms in total. The summed E-state index contributed by atoms with van der Waals surface area (Å²) < 4.78 is 5.51. The van der Waals surface area contributed by atoms with Crippen LogP contribution in [0, 0.1) is 6.92 Å². The predicted octanol–water partition coefficient (Wildman–Crippen LogP) is 3.44. The molecule has 0 saturated carbocycles. The summed E-state index contributed by atoms with van der Waals surface area (Å²) in [6.07, 6.45) is 0. The van der Waals surface area contributed by atoms with Crippen molar-refractivity contribution in [2.45, 2.75) is 13.8 Å². The molecule has 0 spiro atoms. The Labute approximate surface area is 125 Å². The maximum absolute atomic E-state index is 12.0. The molecule has 110 valence electrons. The summed E-state index contributed by atoms with van der Waals surface area (Å²) >= 11 is 0. The molecule has 0 radical (unpaired) electrons. The number of rotatable bonds is 6. The Hall–Kier alpha value is -2.49. The van der Waals surface area contributed by atoms with Crippen LogP contribution in [0.15, 0.2) is 48.5 Å². The van der Waals surface area contributed by atoms with Gasteiger partial charge >= 0.3 is 0 Å². The fourth-order valence-corrected chi connectivity index (χ4v) is 1.98. The van der Waals surface area contributed by atoms with Crippen molar-refractivity contribution in [3.05, 3.63) is 54.1 Å². The summed E-state index contributed by atoms with van der Waals surface area (Å²) in [5, 5.41) is 5.99. The van der Waals surface area contributed by atoms with Crippen molar-refractivity contribution in [2.24, 2.45) is 0 Å². The Kier molecular flexibility index (Phi) is 5.21. The number of anilines is 2. The normalized spacial score (nSPS) is 10.0. The number of nitrogens with one attached hydrogen (secondary N) is 2. The van der Waals surface area contributed by atoms with E-state index in [2.05, 4.69) is 10.6 Å². The van der Waals surface area contributed by atoms with Crippen LogP contribution >= 0.6 is 0 Å². The number of hydrogen-bond donors (Lipinski definition) is 2. The monoisotopic (exact) mass is 284 g/mol. The fraction of sp³-hybridized carbons (Fsp3) is 0.235. The van der Waals surface area contributed by atoms with Crippen molar-refractivity contribution in [3.8, 4) is 5.75 Å². The third kappa shape index (κ3) is 4.24. The van der Waals surface area contributed by atoms with E-state index in [4.69, 9.17) is 4.74 Å². The average molecular weight is 284 g/mol. The van der Waals surface area contributed by atoms with Gasteiger partial charge < -0.3 is 15.4 Å². The highest BCUT2D eigenvalue weighted by Gasteiger charge is 2.06. The lowest BCUT2D eigenvalue weighted by Gasteiger charge is -2.12. The zero-order chi connectivity index (χ0) is 15.1. The Balaban J connectivity index is 1.94. The maximum atomic E-state index is 12.0. The highest BCUT2D eigenvalue weighted by Crippen LogP contribution is 2.23. The first-order valence-electron chi connectivity index (χ1n) is 7.02. The molecule has 0 atom stereocenters. The molecule has 1 amide bonds. The highest BCUT2D eigenvalue weighted by atomic mass is 16.5. The largest absolute Gasteiger partial charge is 0.492 e. The molecule has 0 aliphatic rings. The molecule has 0 fully saturated rings. The van der Waals surface area contributed by atoms with E-state index >= 15 is 0 Å². The van der Waals surface area contributed by atoms with Gasteiger partial charge in [0.2, 0.25) is 5.91 Å². The molecule has 0 aromatic heterocycles. The van der Waals surface area contributed by atoms with Gasteiger partial charge in [-0.05, 0) is 37.6 Å². The molecular formula is C17H20N2O2. The van der Waals surface area contributed by atoms with E-state index in [1.807, 2.05) is 62.4 Å². The summed E-state index contributed by atoms with van der Waals surface area (Å²) in [7, 11) is 0. The highest BCUT2D eigenvalue weighted by molar-refractivity contribution is 5.94. The smallest absolute Gasteiger partial charge is 0.243 e. The summed E-state index contributed by atoms with van der Waals surface area (Å²) in [4.78, 5) is 12.0. The first kappa shape index (κ1) is 14.9. The Morgan fingerprint density at radius 3 is 2.43 bits per heavy atom. The van der Waals surface area contributed by atoms with Gasteiger partial charge in [-0.2, -0.15) is 0 Å². The standard InChI is InChI=1S/C17H20N2O2/c1-3-21-16-11-7-6-10-15(16)18-12-17(20)19-14-9-5-4-8-13(14)2/h4-11,18H,3,12H2,1-2H3,(H,19,20). The topological polar surface area (TPSA) is 50.4 Å². The number of amides is 1. The van der Waals surface area contributed by atoms with Crippen molar-refractivity contribution < 1.29 is 9.53 Å². The van der Waals surface area contributed by atoms with Crippen LogP contribution in [0.2, 0.25) is 0 Å². The molecule has 0 unspecified atom stereocenters. The SMILES string of the molecule is CCOc1ccccc1NCC(=O)Nc1ccccc1C. The van der Waals surface area contributed by atoms with E-state index in [1.54, 1.807) is 0 Å². The van der Waals surface area contributed by atoms with Gasteiger partial charge in [0, 0.05) is 5.69 Å². The number of carbonyl (C=O) groups excluding carboxylic acids is 1. The number of ether oxygens (including phenoxy) is 1. The van der Waals surface area contributed by atoms with Crippen LogP contribution in [0.4, 0.5) is 11.4 Å². The second kappa shape index (κ2) is 7.33. The molecule has 2 aromatic rings. The molecule has 0 bridgehead atoms. The van der Waals surface area contributed by atoms with E-state index in [9.17, 15) is 4.79 Å². The summed E-state index contributed by atoms with van der Waals surface area (Å²) in [6, 6.07) is 15.3. The van der Waals surface area contributed by atoms with Crippen LogP contribution in [0.5, 0.6) is 5.75 Å². The van der Waals surface area contributed by atoms with Gasteiger partial charge in [-0.15, -0.1) is 0 Å². The zero-order valence-corrected chi connectivity index (χ0v) is 12.3. The van der Waals surface area contributed by atoms with Gasteiger partial charge in [0.05, 0.1) is 18.8 Å². The minimum absolute atomic E-state index is 0.0874. The number of hydrogen-bond acceptors (Lipinski definition) is 3. The lowest BCUT2D eigenvalue weighted by molar-refractivity contribution is -0.114. The Morgan fingerprint density at radius 1 is 1.05 bits per heavy atom.